The van der Waals surface area contributed by atoms with Gasteiger partial charge in [-0.3, -0.25) is 0 Å². The van der Waals surface area contributed by atoms with Gasteiger partial charge in [0.25, 0.3) is 0 Å². The molecular weight excluding hydrogens is 150 g/mol. The van der Waals surface area contributed by atoms with Crippen LogP contribution >= 0.6 is 0 Å². The highest BCUT2D eigenvalue weighted by molar-refractivity contribution is 5.09. The lowest BCUT2D eigenvalue weighted by Crippen LogP contribution is -2.13. The molecule has 1 fully saturated rings. The summed E-state index contributed by atoms with van der Waals surface area (Å²) in [5.74, 6) is 1.10. The van der Waals surface area contributed by atoms with E-state index < -0.39 is 0 Å². The van der Waals surface area contributed by atoms with E-state index in [-0.39, 0.29) is 0 Å². The van der Waals surface area contributed by atoms with E-state index in [4.69, 9.17) is 0 Å². The third kappa shape index (κ3) is 1.25. The summed E-state index contributed by atoms with van der Waals surface area (Å²) in [5, 5.41) is 3.44. The van der Waals surface area contributed by atoms with Crippen LogP contribution in [-0.2, 0) is 7.05 Å². The molecule has 1 aromatic rings. The lowest BCUT2D eigenvalue weighted by atomic mass is 10.2. The third-order valence-electron chi connectivity index (χ3n) is 2.54. The number of nitrogens with zero attached hydrogens (tertiary/aromatic N) is 2. The topological polar surface area (TPSA) is 29.9 Å². The van der Waals surface area contributed by atoms with Gasteiger partial charge in [0.1, 0.15) is 5.82 Å². The minimum atomic E-state index is 0.505. The van der Waals surface area contributed by atoms with Gasteiger partial charge < -0.3 is 9.88 Å². The molecule has 1 atom stereocenters. The molecule has 1 aliphatic rings. The van der Waals surface area contributed by atoms with Crippen molar-refractivity contribution < 1.29 is 0 Å². The van der Waals surface area contributed by atoms with Gasteiger partial charge in [0.15, 0.2) is 0 Å². The van der Waals surface area contributed by atoms with Gasteiger partial charge in [-0.05, 0) is 26.3 Å². The predicted octanol–water partition coefficient (Wildman–Crippen LogP) is 1.15. The highest BCUT2D eigenvalue weighted by atomic mass is 15.1. The smallest absolute Gasteiger partial charge is 0.105 e. The number of imidazole rings is 1. The van der Waals surface area contributed by atoms with Gasteiger partial charge in [0, 0.05) is 13.2 Å². The molecule has 2 heterocycles. The Balaban J connectivity index is 2.21. The van der Waals surface area contributed by atoms with Crippen LogP contribution in [0.1, 0.15) is 30.4 Å². The molecule has 1 N–H and O–H groups in total. The first kappa shape index (κ1) is 7.80. The van der Waals surface area contributed by atoms with Crippen molar-refractivity contribution in [1.29, 1.82) is 0 Å². The summed E-state index contributed by atoms with van der Waals surface area (Å²) < 4.78 is 2.08. The van der Waals surface area contributed by atoms with E-state index in [1.165, 1.54) is 18.5 Å². The van der Waals surface area contributed by atoms with Crippen molar-refractivity contribution in [2.45, 2.75) is 25.8 Å². The van der Waals surface area contributed by atoms with Gasteiger partial charge in [0.05, 0.1) is 11.7 Å². The summed E-state index contributed by atoms with van der Waals surface area (Å²) in [5.41, 5.74) is 1.20. The summed E-state index contributed by atoms with van der Waals surface area (Å²) in [6.07, 6.45) is 4.63. The largest absolute Gasteiger partial charge is 0.338 e. The van der Waals surface area contributed by atoms with Gasteiger partial charge >= 0.3 is 0 Å². The second-order valence-corrected chi connectivity index (χ2v) is 3.47. The molecular formula is C9H15N3. The second-order valence-electron chi connectivity index (χ2n) is 3.47. The van der Waals surface area contributed by atoms with Crippen LogP contribution in [0.15, 0.2) is 6.20 Å². The summed E-state index contributed by atoms with van der Waals surface area (Å²) in [6, 6.07) is 0.505. The zero-order chi connectivity index (χ0) is 8.55. The van der Waals surface area contributed by atoms with E-state index in [2.05, 4.69) is 21.1 Å². The maximum atomic E-state index is 4.49. The van der Waals surface area contributed by atoms with Crippen molar-refractivity contribution in [3.63, 3.8) is 0 Å². The minimum absolute atomic E-state index is 0.505. The molecule has 3 nitrogen and oxygen atoms in total. The van der Waals surface area contributed by atoms with Gasteiger partial charge in [-0.15, -0.1) is 0 Å². The summed E-state index contributed by atoms with van der Waals surface area (Å²) in [4.78, 5) is 4.49. The molecule has 1 aliphatic heterocycles. The number of aromatic nitrogens is 2. The van der Waals surface area contributed by atoms with Crippen molar-refractivity contribution in [3.05, 3.63) is 17.7 Å². The summed E-state index contributed by atoms with van der Waals surface area (Å²) >= 11 is 0. The van der Waals surface area contributed by atoms with E-state index in [1.807, 2.05) is 14.0 Å². The molecule has 66 valence electrons. The maximum absolute atomic E-state index is 4.49. The molecule has 0 radical (unpaired) electrons. The van der Waals surface area contributed by atoms with E-state index in [0.29, 0.717) is 6.04 Å². The Labute approximate surface area is 72.8 Å². The van der Waals surface area contributed by atoms with Gasteiger partial charge in [-0.2, -0.15) is 0 Å². The van der Waals surface area contributed by atoms with Gasteiger partial charge in [-0.25, -0.2) is 4.98 Å². The average Bonchev–Trinajstić information content (AvgIpc) is 2.61. The molecule has 12 heavy (non-hydrogen) atoms. The number of hydrogen-bond donors (Lipinski definition) is 1. The van der Waals surface area contributed by atoms with E-state index in [1.54, 1.807) is 0 Å². The molecule has 0 saturated carbocycles. The minimum Gasteiger partial charge on any atom is -0.338 e. The molecule has 1 saturated heterocycles. The van der Waals surface area contributed by atoms with Crippen LogP contribution in [0.2, 0.25) is 0 Å². The van der Waals surface area contributed by atoms with Crippen molar-refractivity contribution >= 4 is 0 Å². The lowest BCUT2D eigenvalue weighted by molar-refractivity contribution is 0.630. The fourth-order valence-corrected chi connectivity index (χ4v) is 1.69. The second kappa shape index (κ2) is 2.90. The van der Waals surface area contributed by atoms with Crippen LogP contribution in [0, 0.1) is 6.92 Å². The Morgan fingerprint density at radius 3 is 3.00 bits per heavy atom. The molecule has 0 unspecified atom stereocenters. The Bertz CT molecular complexity index is 252. The van der Waals surface area contributed by atoms with Crippen LogP contribution in [-0.4, -0.2) is 16.1 Å². The van der Waals surface area contributed by atoms with Crippen LogP contribution in [0.3, 0.4) is 0 Å². The quantitative estimate of drug-likeness (QED) is 0.676. The molecule has 0 bridgehead atoms. The van der Waals surface area contributed by atoms with Crippen molar-refractivity contribution in [1.82, 2.24) is 14.9 Å². The number of nitrogens with one attached hydrogen (secondary N) is 1. The van der Waals surface area contributed by atoms with Gasteiger partial charge in [-0.1, -0.05) is 0 Å². The number of hydrogen-bond acceptors (Lipinski definition) is 2. The molecule has 0 aromatic carbocycles. The fourth-order valence-electron chi connectivity index (χ4n) is 1.69. The van der Waals surface area contributed by atoms with Gasteiger partial charge in [0.2, 0.25) is 0 Å². The van der Waals surface area contributed by atoms with Crippen LogP contribution < -0.4 is 5.32 Å². The fraction of sp³-hybridized carbons (Fsp3) is 0.667. The van der Waals surface area contributed by atoms with Crippen LogP contribution in [0.4, 0.5) is 0 Å². The monoisotopic (exact) mass is 165 g/mol. The van der Waals surface area contributed by atoms with Crippen molar-refractivity contribution in [3.8, 4) is 0 Å². The first-order valence-corrected chi connectivity index (χ1v) is 4.50. The predicted molar refractivity (Wildman–Crippen MR) is 47.9 cm³/mol. The normalized spacial score (nSPS) is 23.3. The van der Waals surface area contributed by atoms with Crippen molar-refractivity contribution in [2.75, 3.05) is 6.54 Å². The van der Waals surface area contributed by atoms with E-state index >= 15 is 0 Å². The highest BCUT2D eigenvalue weighted by Crippen LogP contribution is 2.21. The number of aryl methyl sites for hydroxylation is 2. The van der Waals surface area contributed by atoms with Crippen LogP contribution in [0.5, 0.6) is 0 Å². The maximum Gasteiger partial charge on any atom is 0.105 e. The van der Waals surface area contributed by atoms with Crippen LogP contribution in [0.25, 0.3) is 0 Å². The summed E-state index contributed by atoms with van der Waals surface area (Å²) in [6.45, 7) is 3.18. The Morgan fingerprint density at radius 1 is 1.67 bits per heavy atom. The molecule has 1 aromatic heterocycles. The molecule has 0 aliphatic carbocycles. The SMILES string of the molecule is Cc1nc([C@H]2CCCN2)cn1C. The zero-order valence-corrected chi connectivity index (χ0v) is 7.67. The zero-order valence-electron chi connectivity index (χ0n) is 7.67. The highest BCUT2D eigenvalue weighted by Gasteiger charge is 2.18. The Kier molecular flexibility index (Phi) is 1.89. The Hall–Kier alpha value is -0.830. The number of rotatable bonds is 1. The van der Waals surface area contributed by atoms with E-state index in [0.717, 1.165) is 12.4 Å². The van der Waals surface area contributed by atoms with E-state index in [9.17, 15) is 0 Å². The van der Waals surface area contributed by atoms with Crippen molar-refractivity contribution in [2.24, 2.45) is 7.05 Å². The third-order valence-corrected chi connectivity index (χ3v) is 2.54. The molecule has 0 amide bonds. The first-order valence-electron chi connectivity index (χ1n) is 4.50. The molecule has 2 rings (SSSR count). The average molecular weight is 165 g/mol. The molecule has 0 spiro atoms. The first-order chi connectivity index (χ1) is 5.77. The molecule has 3 heteroatoms. The Morgan fingerprint density at radius 2 is 2.50 bits per heavy atom. The lowest BCUT2D eigenvalue weighted by Gasteiger charge is -2.04. The standard InChI is InChI=1S/C9H15N3/c1-7-11-9(6-12(7)2)8-4-3-5-10-8/h6,8,10H,3-5H2,1-2H3/t8-/m1/s1. The summed E-state index contributed by atoms with van der Waals surface area (Å²) in [7, 11) is 2.04.